The molecule has 0 N–H and O–H groups in total. The first-order valence-electron chi connectivity index (χ1n) is 11.7. The summed E-state index contributed by atoms with van der Waals surface area (Å²) >= 11 is 0. The standard InChI is InChI=1S/C27H29N5O/c1-3-13-32-25(29-24-11-6-12-28-26(24)32)21-8-5-9-22(19-21)27(33)31-16-14-30(15-17-31)23-10-4-7-20(2)18-23/h4-12,18-19H,3,13-17H2,1-2H3. The van der Waals surface area contributed by atoms with Gasteiger partial charge in [0.05, 0.1) is 0 Å². The quantitative estimate of drug-likeness (QED) is 0.449. The van der Waals surface area contributed by atoms with Crippen LogP contribution in [0.4, 0.5) is 5.69 Å². The molecule has 0 radical (unpaired) electrons. The minimum absolute atomic E-state index is 0.0806. The van der Waals surface area contributed by atoms with Crippen LogP contribution in [-0.4, -0.2) is 51.5 Å². The minimum atomic E-state index is 0.0806. The summed E-state index contributed by atoms with van der Waals surface area (Å²) in [6.45, 7) is 8.21. The van der Waals surface area contributed by atoms with Gasteiger partial charge in [0.15, 0.2) is 5.65 Å². The Morgan fingerprint density at radius 3 is 2.58 bits per heavy atom. The van der Waals surface area contributed by atoms with Crippen molar-refractivity contribution in [2.75, 3.05) is 31.1 Å². The highest BCUT2D eigenvalue weighted by Gasteiger charge is 2.23. The summed E-state index contributed by atoms with van der Waals surface area (Å²) in [5.74, 6) is 0.946. The lowest BCUT2D eigenvalue weighted by Crippen LogP contribution is -2.48. The van der Waals surface area contributed by atoms with Crippen LogP contribution in [0, 0.1) is 6.92 Å². The molecule has 168 valence electrons. The lowest BCUT2D eigenvalue weighted by atomic mass is 10.1. The maximum Gasteiger partial charge on any atom is 0.253 e. The Bertz CT molecular complexity index is 1290. The molecule has 0 bridgehead atoms. The summed E-state index contributed by atoms with van der Waals surface area (Å²) in [5.41, 5.74) is 5.91. The van der Waals surface area contributed by atoms with Gasteiger partial charge in [0.1, 0.15) is 11.3 Å². The predicted molar refractivity (Wildman–Crippen MR) is 133 cm³/mol. The molecule has 6 heteroatoms. The van der Waals surface area contributed by atoms with E-state index in [0.717, 1.165) is 61.7 Å². The van der Waals surface area contributed by atoms with Crippen LogP contribution in [0.2, 0.25) is 0 Å². The summed E-state index contributed by atoms with van der Waals surface area (Å²) in [5, 5.41) is 0. The van der Waals surface area contributed by atoms with E-state index >= 15 is 0 Å². The smallest absolute Gasteiger partial charge is 0.253 e. The Morgan fingerprint density at radius 2 is 1.79 bits per heavy atom. The number of imidazole rings is 1. The molecule has 1 saturated heterocycles. The zero-order chi connectivity index (χ0) is 22.8. The largest absolute Gasteiger partial charge is 0.368 e. The van der Waals surface area contributed by atoms with Crippen LogP contribution in [0.15, 0.2) is 66.9 Å². The first-order valence-corrected chi connectivity index (χ1v) is 11.7. The third-order valence-electron chi connectivity index (χ3n) is 6.25. The van der Waals surface area contributed by atoms with Crippen LogP contribution in [0.1, 0.15) is 29.3 Å². The van der Waals surface area contributed by atoms with E-state index in [9.17, 15) is 4.79 Å². The van der Waals surface area contributed by atoms with E-state index in [2.05, 4.69) is 52.6 Å². The molecule has 0 spiro atoms. The van der Waals surface area contributed by atoms with E-state index in [-0.39, 0.29) is 5.91 Å². The van der Waals surface area contributed by atoms with Gasteiger partial charge in [0.25, 0.3) is 5.91 Å². The molecular formula is C27H29N5O. The Labute approximate surface area is 194 Å². The molecule has 1 aliphatic heterocycles. The average molecular weight is 440 g/mol. The summed E-state index contributed by atoms with van der Waals surface area (Å²) in [4.78, 5) is 27.0. The zero-order valence-electron chi connectivity index (χ0n) is 19.2. The highest BCUT2D eigenvalue weighted by Crippen LogP contribution is 2.26. The first kappa shape index (κ1) is 21.2. The number of benzene rings is 2. The van der Waals surface area contributed by atoms with E-state index in [1.165, 1.54) is 11.3 Å². The van der Waals surface area contributed by atoms with Crippen molar-refractivity contribution in [2.24, 2.45) is 0 Å². The average Bonchev–Trinajstić information content (AvgIpc) is 3.23. The normalized spacial score (nSPS) is 14.1. The lowest BCUT2D eigenvalue weighted by Gasteiger charge is -2.36. The van der Waals surface area contributed by atoms with E-state index in [1.54, 1.807) is 6.20 Å². The van der Waals surface area contributed by atoms with Crippen molar-refractivity contribution in [1.82, 2.24) is 19.4 Å². The van der Waals surface area contributed by atoms with Crippen LogP contribution in [0.25, 0.3) is 22.6 Å². The Morgan fingerprint density at radius 1 is 0.970 bits per heavy atom. The Kier molecular flexibility index (Phi) is 5.82. The number of carbonyl (C=O) groups is 1. The van der Waals surface area contributed by atoms with E-state index in [0.29, 0.717) is 5.56 Å². The number of pyridine rings is 1. The molecule has 2 aromatic carbocycles. The molecule has 4 aromatic rings. The van der Waals surface area contributed by atoms with E-state index < -0.39 is 0 Å². The number of aromatic nitrogens is 3. The molecule has 1 aliphatic rings. The fourth-order valence-corrected chi connectivity index (χ4v) is 4.58. The van der Waals surface area contributed by atoms with Crippen LogP contribution >= 0.6 is 0 Å². The number of fused-ring (bicyclic) bond motifs is 1. The number of carbonyl (C=O) groups excluding carboxylic acids is 1. The SMILES string of the molecule is CCCn1c(-c2cccc(C(=O)N3CCN(c4cccc(C)c4)CC3)c2)nc2cccnc21. The number of nitrogens with zero attached hydrogens (tertiary/aromatic N) is 5. The molecule has 3 heterocycles. The van der Waals surface area contributed by atoms with Crippen molar-refractivity contribution in [3.8, 4) is 11.4 Å². The molecule has 5 rings (SSSR count). The second-order valence-electron chi connectivity index (χ2n) is 8.63. The summed E-state index contributed by atoms with van der Waals surface area (Å²) in [6, 6.07) is 20.3. The van der Waals surface area contributed by atoms with Gasteiger partial charge in [-0.15, -0.1) is 0 Å². The number of hydrogen-bond donors (Lipinski definition) is 0. The molecule has 1 fully saturated rings. The highest BCUT2D eigenvalue weighted by molar-refractivity contribution is 5.95. The van der Waals surface area contributed by atoms with Crippen LogP contribution in [-0.2, 0) is 6.54 Å². The van der Waals surface area contributed by atoms with Gasteiger partial charge in [0.2, 0.25) is 0 Å². The number of anilines is 1. The van der Waals surface area contributed by atoms with Gasteiger partial charge < -0.3 is 14.4 Å². The molecule has 6 nitrogen and oxygen atoms in total. The fourth-order valence-electron chi connectivity index (χ4n) is 4.58. The Balaban J connectivity index is 1.36. The van der Waals surface area contributed by atoms with E-state index in [4.69, 9.17) is 4.98 Å². The summed E-state index contributed by atoms with van der Waals surface area (Å²) in [7, 11) is 0. The zero-order valence-corrected chi connectivity index (χ0v) is 19.2. The maximum atomic E-state index is 13.3. The number of aryl methyl sites for hydroxylation is 2. The van der Waals surface area contributed by atoms with Gasteiger partial charge in [0, 0.05) is 55.7 Å². The van der Waals surface area contributed by atoms with Gasteiger partial charge in [-0.3, -0.25) is 4.79 Å². The summed E-state index contributed by atoms with van der Waals surface area (Å²) in [6.07, 6.45) is 2.79. The van der Waals surface area contributed by atoms with Crippen molar-refractivity contribution in [2.45, 2.75) is 26.8 Å². The van der Waals surface area contributed by atoms with Crippen molar-refractivity contribution in [3.63, 3.8) is 0 Å². The van der Waals surface area contributed by atoms with Crippen molar-refractivity contribution in [1.29, 1.82) is 0 Å². The van der Waals surface area contributed by atoms with Gasteiger partial charge in [-0.25, -0.2) is 9.97 Å². The van der Waals surface area contributed by atoms with Gasteiger partial charge in [-0.1, -0.05) is 31.2 Å². The monoisotopic (exact) mass is 439 g/mol. The lowest BCUT2D eigenvalue weighted by molar-refractivity contribution is 0.0747. The number of amides is 1. The molecule has 0 unspecified atom stereocenters. The topological polar surface area (TPSA) is 54.3 Å². The number of piperazine rings is 1. The second kappa shape index (κ2) is 9.06. The molecule has 0 atom stereocenters. The fraction of sp³-hybridized carbons (Fsp3) is 0.296. The van der Waals surface area contributed by atoms with Gasteiger partial charge in [-0.05, 0) is 55.3 Å². The second-order valence-corrected chi connectivity index (χ2v) is 8.63. The minimum Gasteiger partial charge on any atom is -0.368 e. The van der Waals surface area contributed by atoms with Crippen LogP contribution in [0.5, 0.6) is 0 Å². The maximum absolute atomic E-state index is 13.3. The van der Waals surface area contributed by atoms with Crippen LogP contribution < -0.4 is 4.90 Å². The number of hydrogen-bond acceptors (Lipinski definition) is 4. The molecule has 0 saturated carbocycles. The molecular weight excluding hydrogens is 410 g/mol. The van der Waals surface area contributed by atoms with Crippen molar-refractivity contribution < 1.29 is 4.79 Å². The highest BCUT2D eigenvalue weighted by atomic mass is 16.2. The van der Waals surface area contributed by atoms with Crippen molar-refractivity contribution >= 4 is 22.8 Å². The van der Waals surface area contributed by atoms with E-state index in [1.807, 2.05) is 41.3 Å². The third-order valence-corrected chi connectivity index (χ3v) is 6.25. The number of rotatable bonds is 5. The third kappa shape index (κ3) is 4.21. The first-order chi connectivity index (χ1) is 16.1. The van der Waals surface area contributed by atoms with Gasteiger partial charge >= 0.3 is 0 Å². The van der Waals surface area contributed by atoms with Crippen LogP contribution in [0.3, 0.4) is 0 Å². The van der Waals surface area contributed by atoms with Gasteiger partial charge in [-0.2, -0.15) is 0 Å². The van der Waals surface area contributed by atoms with Crippen molar-refractivity contribution in [3.05, 3.63) is 78.0 Å². The molecule has 33 heavy (non-hydrogen) atoms. The molecule has 2 aromatic heterocycles. The summed E-state index contributed by atoms with van der Waals surface area (Å²) < 4.78 is 2.15. The predicted octanol–water partition coefficient (Wildman–Crippen LogP) is 4.78. The molecule has 0 aliphatic carbocycles. The Hall–Kier alpha value is -3.67. The molecule has 1 amide bonds.